The van der Waals surface area contributed by atoms with Crippen molar-refractivity contribution in [1.29, 1.82) is 0 Å². The molecule has 1 aromatic heterocycles. The van der Waals surface area contributed by atoms with Gasteiger partial charge in [-0.2, -0.15) is 0 Å². The Kier molecular flexibility index (Phi) is 4.74. The van der Waals surface area contributed by atoms with E-state index in [9.17, 15) is 9.59 Å². The highest BCUT2D eigenvalue weighted by molar-refractivity contribution is 7.17. The topological polar surface area (TPSA) is 57.6 Å². The van der Waals surface area contributed by atoms with Gasteiger partial charge in [0.25, 0.3) is 0 Å². The first-order valence-electron chi connectivity index (χ1n) is 6.56. The van der Waals surface area contributed by atoms with Crippen LogP contribution in [0.4, 0.5) is 0 Å². The normalized spacial score (nSPS) is 10.7. The summed E-state index contributed by atoms with van der Waals surface area (Å²) in [6.45, 7) is 2.18. The molecular weight excluding hydrogens is 274 g/mol. The van der Waals surface area contributed by atoms with Gasteiger partial charge in [0.15, 0.2) is 0 Å². The van der Waals surface area contributed by atoms with Crippen molar-refractivity contribution >= 4 is 33.3 Å². The number of benzene rings is 1. The van der Waals surface area contributed by atoms with E-state index in [-0.39, 0.29) is 18.9 Å². The van der Waals surface area contributed by atoms with Gasteiger partial charge in [-0.25, -0.2) is 0 Å². The molecular formula is C15H17NO3S. The van der Waals surface area contributed by atoms with Gasteiger partial charge in [0, 0.05) is 11.2 Å². The van der Waals surface area contributed by atoms with Crippen LogP contribution in [-0.4, -0.2) is 35.0 Å². The highest BCUT2D eigenvalue weighted by Gasteiger charge is 2.17. The van der Waals surface area contributed by atoms with E-state index in [1.165, 1.54) is 4.90 Å². The molecule has 0 aliphatic rings. The lowest BCUT2D eigenvalue weighted by Crippen LogP contribution is -2.37. The monoisotopic (exact) mass is 291 g/mol. The summed E-state index contributed by atoms with van der Waals surface area (Å²) in [6, 6.07) is 7.94. The van der Waals surface area contributed by atoms with Crippen LogP contribution in [0.5, 0.6) is 0 Å². The molecule has 0 spiro atoms. The first-order valence-corrected chi connectivity index (χ1v) is 7.44. The van der Waals surface area contributed by atoms with Crippen LogP contribution in [0.3, 0.4) is 0 Å². The second-order valence-corrected chi connectivity index (χ2v) is 5.55. The van der Waals surface area contributed by atoms with Crippen molar-refractivity contribution in [3.63, 3.8) is 0 Å². The van der Waals surface area contributed by atoms with Crippen molar-refractivity contribution in [2.45, 2.75) is 19.8 Å². The number of nitrogens with zero attached hydrogens (tertiary/aromatic N) is 1. The average molecular weight is 291 g/mol. The molecule has 4 nitrogen and oxygen atoms in total. The van der Waals surface area contributed by atoms with Gasteiger partial charge < -0.3 is 10.0 Å². The summed E-state index contributed by atoms with van der Waals surface area (Å²) < 4.78 is 1.15. The van der Waals surface area contributed by atoms with Gasteiger partial charge in [-0.3, -0.25) is 9.59 Å². The highest BCUT2D eigenvalue weighted by Crippen LogP contribution is 2.26. The van der Waals surface area contributed by atoms with E-state index in [4.69, 9.17) is 5.11 Å². The summed E-state index contributed by atoms with van der Waals surface area (Å²) in [7, 11) is 0. The Morgan fingerprint density at radius 3 is 2.75 bits per heavy atom. The third-order valence-corrected chi connectivity index (χ3v) is 4.09. The van der Waals surface area contributed by atoms with Crippen molar-refractivity contribution in [2.75, 3.05) is 13.1 Å². The summed E-state index contributed by atoms with van der Waals surface area (Å²) in [5.41, 5.74) is 0.974. The molecule has 2 aromatic rings. The summed E-state index contributed by atoms with van der Waals surface area (Å²) >= 11 is 1.61. The number of carboxylic acid groups (broad SMARTS) is 1. The van der Waals surface area contributed by atoms with Crippen LogP contribution in [0.15, 0.2) is 29.6 Å². The predicted octanol–water partition coefficient (Wildman–Crippen LogP) is 2.77. The quantitative estimate of drug-likeness (QED) is 0.890. The van der Waals surface area contributed by atoms with Crippen LogP contribution in [0.2, 0.25) is 0 Å². The van der Waals surface area contributed by atoms with Gasteiger partial charge in [0.1, 0.15) is 6.54 Å². The molecule has 20 heavy (non-hydrogen) atoms. The third-order valence-electron chi connectivity index (χ3n) is 3.08. The second kappa shape index (κ2) is 6.52. The van der Waals surface area contributed by atoms with Gasteiger partial charge in [-0.15, -0.1) is 11.3 Å². The summed E-state index contributed by atoms with van der Waals surface area (Å²) in [5, 5.41) is 11.9. The Morgan fingerprint density at radius 1 is 1.30 bits per heavy atom. The van der Waals surface area contributed by atoms with Crippen LogP contribution in [0, 0.1) is 0 Å². The molecule has 1 amide bonds. The SMILES string of the molecule is CCCN(CC(=O)O)C(=O)Cc1csc2ccccc12. The number of thiophene rings is 1. The van der Waals surface area contributed by atoms with Crippen molar-refractivity contribution in [2.24, 2.45) is 0 Å². The lowest BCUT2D eigenvalue weighted by atomic mass is 10.1. The molecule has 0 bridgehead atoms. The number of hydrogen-bond acceptors (Lipinski definition) is 3. The highest BCUT2D eigenvalue weighted by atomic mass is 32.1. The molecule has 0 saturated heterocycles. The fourth-order valence-electron chi connectivity index (χ4n) is 2.17. The molecule has 0 atom stereocenters. The number of rotatable bonds is 6. The average Bonchev–Trinajstić information content (AvgIpc) is 2.81. The number of aliphatic carboxylic acids is 1. The Hall–Kier alpha value is -1.88. The Bertz CT molecular complexity index is 620. The summed E-state index contributed by atoms with van der Waals surface area (Å²) in [4.78, 5) is 24.5. The number of amides is 1. The largest absolute Gasteiger partial charge is 0.480 e. The van der Waals surface area contributed by atoms with E-state index in [0.717, 1.165) is 22.1 Å². The molecule has 0 aliphatic carbocycles. The van der Waals surface area contributed by atoms with Crippen molar-refractivity contribution < 1.29 is 14.7 Å². The fraction of sp³-hybridized carbons (Fsp3) is 0.333. The fourth-order valence-corrected chi connectivity index (χ4v) is 3.13. The Balaban J connectivity index is 2.14. The first-order chi connectivity index (χ1) is 9.61. The van der Waals surface area contributed by atoms with E-state index in [0.29, 0.717) is 6.54 Å². The summed E-state index contributed by atoms with van der Waals surface area (Å²) in [6.07, 6.45) is 1.01. The Morgan fingerprint density at radius 2 is 2.05 bits per heavy atom. The number of carboxylic acids is 1. The van der Waals surface area contributed by atoms with Crippen LogP contribution < -0.4 is 0 Å². The second-order valence-electron chi connectivity index (χ2n) is 4.64. The van der Waals surface area contributed by atoms with Gasteiger partial charge >= 0.3 is 5.97 Å². The minimum absolute atomic E-state index is 0.127. The van der Waals surface area contributed by atoms with E-state index in [1.807, 2.05) is 36.6 Å². The van der Waals surface area contributed by atoms with Gasteiger partial charge in [0.2, 0.25) is 5.91 Å². The molecule has 2 rings (SSSR count). The number of hydrogen-bond donors (Lipinski definition) is 1. The van der Waals surface area contributed by atoms with E-state index < -0.39 is 5.97 Å². The third kappa shape index (κ3) is 3.36. The molecule has 1 aromatic carbocycles. The maximum Gasteiger partial charge on any atom is 0.323 e. The maximum absolute atomic E-state index is 12.2. The molecule has 0 fully saturated rings. The van der Waals surface area contributed by atoms with E-state index in [1.54, 1.807) is 11.3 Å². The smallest absolute Gasteiger partial charge is 0.323 e. The lowest BCUT2D eigenvalue weighted by molar-refractivity contribution is -0.144. The van der Waals surface area contributed by atoms with E-state index >= 15 is 0 Å². The van der Waals surface area contributed by atoms with Crippen LogP contribution in [0.25, 0.3) is 10.1 Å². The van der Waals surface area contributed by atoms with Crippen molar-refractivity contribution in [3.05, 3.63) is 35.2 Å². The Labute approximate surface area is 121 Å². The van der Waals surface area contributed by atoms with Crippen molar-refractivity contribution in [3.8, 4) is 0 Å². The molecule has 0 unspecified atom stereocenters. The summed E-state index contributed by atoms with van der Waals surface area (Å²) in [5.74, 6) is -1.10. The van der Waals surface area contributed by atoms with Crippen molar-refractivity contribution in [1.82, 2.24) is 4.90 Å². The lowest BCUT2D eigenvalue weighted by Gasteiger charge is -2.19. The maximum atomic E-state index is 12.2. The molecule has 106 valence electrons. The van der Waals surface area contributed by atoms with Gasteiger partial charge in [0.05, 0.1) is 6.42 Å². The van der Waals surface area contributed by atoms with Crippen LogP contribution in [-0.2, 0) is 16.0 Å². The molecule has 0 saturated carbocycles. The first kappa shape index (κ1) is 14.5. The zero-order valence-electron chi connectivity index (χ0n) is 11.3. The van der Waals surface area contributed by atoms with Gasteiger partial charge in [-0.1, -0.05) is 25.1 Å². The predicted molar refractivity (Wildman–Crippen MR) is 80.0 cm³/mol. The number of fused-ring (bicyclic) bond motifs is 1. The minimum Gasteiger partial charge on any atom is -0.480 e. The zero-order chi connectivity index (χ0) is 14.5. The molecule has 0 radical (unpaired) electrons. The number of carbonyl (C=O) groups is 2. The van der Waals surface area contributed by atoms with Crippen LogP contribution >= 0.6 is 11.3 Å². The molecule has 1 heterocycles. The van der Waals surface area contributed by atoms with Crippen LogP contribution in [0.1, 0.15) is 18.9 Å². The number of carbonyl (C=O) groups excluding carboxylic acids is 1. The zero-order valence-corrected chi connectivity index (χ0v) is 12.2. The molecule has 0 aliphatic heterocycles. The molecule has 5 heteroatoms. The minimum atomic E-state index is -0.970. The van der Waals surface area contributed by atoms with E-state index in [2.05, 4.69) is 0 Å². The molecule has 1 N–H and O–H groups in total. The van der Waals surface area contributed by atoms with Gasteiger partial charge in [-0.05, 0) is 28.8 Å². The standard InChI is InChI=1S/C15H17NO3S/c1-2-7-16(9-15(18)19)14(17)8-11-10-20-13-6-4-3-5-12(11)13/h3-6,10H,2,7-9H2,1H3,(H,18,19).